The normalized spacial score (nSPS) is 20.5. The van der Waals surface area contributed by atoms with E-state index in [-0.39, 0.29) is 23.5 Å². The molecule has 3 aliphatic rings. The van der Waals surface area contributed by atoms with E-state index in [9.17, 15) is 9.18 Å². The summed E-state index contributed by atoms with van der Waals surface area (Å²) in [6, 6.07) is 8.87. The topological polar surface area (TPSA) is 74.6 Å². The molecule has 0 spiro atoms. The van der Waals surface area contributed by atoms with Gasteiger partial charge >= 0.3 is 5.69 Å². The number of piperidine rings is 1. The number of nitrogens with one attached hydrogen (secondary N) is 1. The minimum atomic E-state index is -0.500. The summed E-state index contributed by atoms with van der Waals surface area (Å²) in [5.41, 5.74) is 3.78. The highest BCUT2D eigenvalue weighted by Crippen LogP contribution is 2.43. The number of benzene rings is 2. The SMILES string of the molecule is Cn1ncc2c(F)c(-n3ccn(-c4c5c(nn4-c4ccc(F)c(C6CC6)c4)CC4CCCC5N4)c3=O)ccc21. The average Bonchev–Trinajstić information content (AvgIpc) is 3.46. The van der Waals surface area contributed by atoms with Crippen molar-refractivity contribution in [1.29, 1.82) is 0 Å². The Kier molecular flexibility index (Phi) is 4.83. The maximum atomic E-state index is 15.6. The van der Waals surface area contributed by atoms with Gasteiger partial charge < -0.3 is 5.32 Å². The van der Waals surface area contributed by atoms with Crippen LogP contribution in [0.15, 0.2) is 53.7 Å². The molecule has 3 aromatic heterocycles. The molecule has 0 radical (unpaired) electrons. The van der Waals surface area contributed by atoms with E-state index in [0.717, 1.165) is 55.5 Å². The van der Waals surface area contributed by atoms with Crippen molar-refractivity contribution >= 4 is 10.9 Å². The Labute approximate surface area is 222 Å². The monoisotopic (exact) mass is 527 g/mol. The molecule has 1 saturated heterocycles. The predicted octanol–water partition coefficient (Wildman–Crippen LogP) is 4.60. The van der Waals surface area contributed by atoms with Crippen LogP contribution >= 0.6 is 0 Å². The van der Waals surface area contributed by atoms with Crippen molar-refractivity contribution in [2.45, 2.75) is 56.5 Å². The number of imidazole rings is 1. The van der Waals surface area contributed by atoms with Crippen molar-refractivity contribution in [3.05, 3.63) is 87.9 Å². The van der Waals surface area contributed by atoms with E-state index < -0.39 is 11.5 Å². The highest BCUT2D eigenvalue weighted by Gasteiger charge is 2.37. The Balaban J connectivity index is 1.33. The van der Waals surface area contributed by atoms with Gasteiger partial charge in [-0.15, -0.1) is 0 Å². The molecule has 0 amide bonds. The molecule has 2 atom stereocenters. The summed E-state index contributed by atoms with van der Waals surface area (Å²) in [7, 11) is 1.75. The quantitative estimate of drug-likeness (QED) is 0.371. The third-order valence-electron chi connectivity index (χ3n) is 8.59. The smallest absolute Gasteiger partial charge is 0.307 e. The molecule has 8 nitrogen and oxygen atoms in total. The largest absolute Gasteiger partial charge is 0.338 e. The molecule has 198 valence electrons. The maximum Gasteiger partial charge on any atom is 0.338 e. The van der Waals surface area contributed by atoms with Gasteiger partial charge in [-0.05, 0) is 73.9 Å². The van der Waals surface area contributed by atoms with E-state index in [1.54, 1.807) is 51.6 Å². The summed E-state index contributed by atoms with van der Waals surface area (Å²) in [6.45, 7) is 0. The summed E-state index contributed by atoms with van der Waals surface area (Å²) in [5, 5.41) is 13.2. The first-order valence-corrected chi connectivity index (χ1v) is 13.6. The lowest BCUT2D eigenvalue weighted by Gasteiger charge is -2.35. The van der Waals surface area contributed by atoms with Crippen LogP contribution in [-0.2, 0) is 13.5 Å². The standard InChI is InChI=1S/C29H27F2N7O/c1-35-24-9-10-25(27(31)20(24)15-32-35)36-11-12-37(29(36)39)28-26-22-4-2-3-17(33-22)13-23(26)34-38(28)18-7-8-21(30)19(14-18)16-5-6-16/h7-12,14-17,22,33H,2-6,13H2,1H3. The molecule has 8 rings (SSSR count). The van der Waals surface area contributed by atoms with Crippen LogP contribution in [0.2, 0.25) is 0 Å². The fraction of sp³-hybridized carbons (Fsp3) is 0.345. The van der Waals surface area contributed by atoms with Crippen LogP contribution in [0.1, 0.15) is 60.9 Å². The molecule has 39 heavy (non-hydrogen) atoms. The zero-order valence-electron chi connectivity index (χ0n) is 21.4. The van der Waals surface area contributed by atoms with Gasteiger partial charge in [0.1, 0.15) is 11.6 Å². The number of hydrogen-bond acceptors (Lipinski definition) is 4. The molecular formula is C29H27F2N7O. The number of hydrogen-bond donors (Lipinski definition) is 1. The van der Waals surface area contributed by atoms with Gasteiger partial charge in [0, 0.05) is 43.5 Å². The fourth-order valence-corrected chi connectivity index (χ4v) is 6.49. The molecule has 2 aliphatic heterocycles. The summed E-state index contributed by atoms with van der Waals surface area (Å²) < 4.78 is 36.5. The first-order valence-electron chi connectivity index (χ1n) is 13.6. The van der Waals surface area contributed by atoms with E-state index in [1.165, 1.54) is 16.8 Å². The van der Waals surface area contributed by atoms with Gasteiger partial charge in [0.05, 0.1) is 34.2 Å². The predicted molar refractivity (Wildman–Crippen MR) is 142 cm³/mol. The first kappa shape index (κ1) is 22.9. The molecule has 2 bridgehead atoms. The van der Waals surface area contributed by atoms with Crippen LogP contribution in [0.5, 0.6) is 0 Å². The van der Waals surface area contributed by atoms with Crippen LogP contribution in [0, 0.1) is 11.6 Å². The Hall–Kier alpha value is -4.05. The van der Waals surface area contributed by atoms with Gasteiger partial charge in [0.15, 0.2) is 5.82 Å². The van der Waals surface area contributed by atoms with Crippen molar-refractivity contribution in [2.75, 3.05) is 0 Å². The zero-order valence-corrected chi connectivity index (χ0v) is 21.4. The van der Waals surface area contributed by atoms with Crippen molar-refractivity contribution < 1.29 is 8.78 Å². The molecule has 1 N–H and O–H groups in total. The van der Waals surface area contributed by atoms with Gasteiger partial charge in [-0.3, -0.25) is 13.8 Å². The zero-order chi connectivity index (χ0) is 26.4. The minimum Gasteiger partial charge on any atom is -0.307 e. The number of rotatable bonds is 4. The lowest BCUT2D eigenvalue weighted by Crippen LogP contribution is -2.43. The van der Waals surface area contributed by atoms with Crippen molar-refractivity contribution in [1.82, 2.24) is 34.0 Å². The highest BCUT2D eigenvalue weighted by molar-refractivity contribution is 5.81. The van der Waals surface area contributed by atoms with Crippen molar-refractivity contribution in [3.8, 4) is 17.2 Å². The lowest BCUT2D eigenvalue weighted by molar-refractivity contribution is 0.300. The van der Waals surface area contributed by atoms with E-state index in [4.69, 9.17) is 5.10 Å². The Morgan fingerprint density at radius 1 is 1.03 bits per heavy atom. The molecule has 2 aromatic carbocycles. The molecular weight excluding hydrogens is 500 g/mol. The number of aromatic nitrogens is 6. The second-order valence-corrected chi connectivity index (χ2v) is 11.0. The molecule has 2 fully saturated rings. The first-order chi connectivity index (χ1) is 19.0. The summed E-state index contributed by atoms with van der Waals surface area (Å²) >= 11 is 0. The molecule has 1 saturated carbocycles. The number of nitrogens with zero attached hydrogens (tertiary/aromatic N) is 6. The summed E-state index contributed by atoms with van der Waals surface area (Å²) in [5.74, 6) is 0.152. The lowest BCUT2D eigenvalue weighted by atomic mass is 9.85. The van der Waals surface area contributed by atoms with E-state index in [2.05, 4.69) is 10.4 Å². The van der Waals surface area contributed by atoms with E-state index in [1.807, 2.05) is 6.07 Å². The van der Waals surface area contributed by atoms with Crippen LogP contribution in [-0.4, -0.2) is 34.7 Å². The number of aryl methyl sites for hydroxylation is 1. The second kappa shape index (κ2) is 8.22. The van der Waals surface area contributed by atoms with E-state index in [0.29, 0.717) is 28.3 Å². The second-order valence-electron chi connectivity index (χ2n) is 11.0. The molecule has 5 aromatic rings. The molecule has 5 heterocycles. The van der Waals surface area contributed by atoms with Gasteiger partial charge in [-0.25, -0.2) is 18.3 Å². The Morgan fingerprint density at radius 2 is 1.87 bits per heavy atom. The van der Waals surface area contributed by atoms with Gasteiger partial charge in [0.25, 0.3) is 0 Å². The maximum absolute atomic E-state index is 15.6. The minimum absolute atomic E-state index is 0.0679. The van der Waals surface area contributed by atoms with Gasteiger partial charge in [-0.1, -0.05) is 0 Å². The molecule has 1 aliphatic carbocycles. The summed E-state index contributed by atoms with van der Waals surface area (Å²) in [4.78, 5) is 14.0. The molecule has 2 unspecified atom stereocenters. The van der Waals surface area contributed by atoms with Gasteiger partial charge in [0.2, 0.25) is 0 Å². The van der Waals surface area contributed by atoms with Crippen molar-refractivity contribution in [2.24, 2.45) is 7.05 Å². The summed E-state index contributed by atoms with van der Waals surface area (Å²) in [6.07, 6.45) is 10.6. The van der Waals surface area contributed by atoms with Crippen LogP contribution in [0.3, 0.4) is 0 Å². The van der Waals surface area contributed by atoms with Crippen LogP contribution in [0.25, 0.3) is 28.1 Å². The Bertz CT molecular complexity index is 1840. The van der Waals surface area contributed by atoms with Crippen LogP contribution < -0.4 is 11.0 Å². The Morgan fingerprint density at radius 3 is 2.72 bits per heavy atom. The van der Waals surface area contributed by atoms with E-state index >= 15 is 4.39 Å². The van der Waals surface area contributed by atoms with Crippen LogP contribution in [0.4, 0.5) is 8.78 Å². The molecule has 10 heteroatoms. The van der Waals surface area contributed by atoms with Gasteiger partial charge in [-0.2, -0.15) is 10.2 Å². The highest BCUT2D eigenvalue weighted by atomic mass is 19.1. The number of halogens is 2. The number of fused-ring (bicyclic) bond motifs is 5. The van der Waals surface area contributed by atoms with Crippen molar-refractivity contribution in [3.63, 3.8) is 0 Å². The fourth-order valence-electron chi connectivity index (χ4n) is 6.49. The third-order valence-corrected chi connectivity index (χ3v) is 8.59. The third kappa shape index (κ3) is 3.40. The average molecular weight is 528 g/mol.